The Morgan fingerprint density at radius 2 is 1.77 bits per heavy atom. The van der Waals surface area contributed by atoms with Crippen LogP contribution in [0, 0.1) is 0 Å². The van der Waals surface area contributed by atoms with Gasteiger partial charge in [-0.25, -0.2) is 4.79 Å². The number of piperidine rings is 1. The molecule has 2 aromatic carbocycles. The van der Waals surface area contributed by atoms with E-state index in [9.17, 15) is 9.59 Å². The number of carbonyl (C=O) groups excluding carboxylic acids is 2. The van der Waals surface area contributed by atoms with Crippen LogP contribution in [0.25, 0.3) is 0 Å². The van der Waals surface area contributed by atoms with Gasteiger partial charge in [-0.05, 0) is 44.5 Å². The Morgan fingerprint density at radius 1 is 1.07 bits per heavy atom. The molecule has 0 N–H and O–H groups in total. The lowest BCUT2D eigenvalue weighted by atomic mass is 10.1. The molecule has 1 saturated heterocycles. The number of hydrogen-bond acceptors (Lipinski definition) is 5. The molecular weight excluding hydrogens is 382 g/mol. The Labute approximate surface area is 177 Å². The Bertz CT molecular complexity index is 852. The van der Waals surface area contributed by atoms with Gasteiger partial charge in [-0.2, -0.15) is 0 Å². The van der Waals surface area contributed by atoms with Crippen LogP contribution < -0.4 is 9.47 Å². The highest BCUT2D eigenvalue weighted by atomic mass is 16.6. The third kappa shape index (κ3) is 6.24. The predicted octanol–water partition coefficient (Wildman–Crippen LogP) is 4.86. The topological polar surface area (TPSA) is 65.1 Å². The third-order valence-electron chi connectivity index (χ3n) is 4.73. The summed E-state index contributed by atoms with van der Waals surface area (Å²) in [5.74, 6) is 1.14. The maximum absolute atomic E-state index is 12.2. The van der Waals surface area contributed by atoms with Crippen LogP contribution in [0.1, 0.15) is 49.5 Å². The van der Waals surface area contributed by atoms with Gasteiger partial charge in [0.2, 0.25) is 0 Å². The van der Waals surface area contributed by atoms with Gasteiger partial charge >= 0.3 is 6.09 Å². The number of hydrogen-bond donors (Lipinski definition) is 0. The van der Waals surface area contributed by atoms with E-state index in [4.69, 9.17) is 14.2 Å². The van der Waals surface area contributed by atoms with Gasteiger partial charge < -0.3 is 19.1 Å². The highest BCUT2D eigenvalue weighted by Crippen LogP contribution is 2.31. The normalized spacial score (nSPS) is 14.8. The van der Waals surface area contributed by atoms with Crippen LogP contribution in [0.5, 0.6) is 11.5 Å². The summed E-state index contributed by atoms with van der Waals surface area (Å²) in [5.41, 5.74) is 1.06. The largest absolute Gasteiger partial charge is 0.486 e. The molecule has 3 rings (SSSR count). The van der Waals surface area contributed by atoms with Crippen molar-refractivity contribution in [3.05, 3.63) is 59.7 Å². The van der Waals surface area contributed by atoms with Crippen molar-refractivity contribution in [3.8, 4) is 11.5 Å². The zero-order chi connectivity index (χ0) is 21.6. The summed E-state index contributed by atoms with van der Waals surface area (Å²) in [5, 5.41) is 0. The molecule has 6 heteroatoms. The highest BCUT2D eigenvalue weighted by Gasteiger charge is 2.28. The average Bonchev–Trinajstić information content (AvgIpc) is 2.73. The summed E-state index contributed by atoms with van der Waals surface area (Å²) in [6.07, 6.45) is 1.87. The van der Waals surface area contributed by atoms with Gasteiger partial charge in [-0.3, -0.25) is 4.79 Å². The van der Waals surface area contributed by atoms with E-state index < -0.39 is 5.60 Å². The minimum Gasteiger partial charge on any atom is -0.486 e. The molecular formula is C24H29NO5. The van der Waals surface area contributed by atoms with Gasteiger partial charge in [-0.15, -0.1) is 0 Å². The minimum absolute atomic E-state index is 0.0372. The molecule has 0 unspecified atom stereocenters. The second-order valence-electron chi connectivity index (χ2n) is 8.38. The van der Waals surface area contributed by atoms with Crippen molar-refractivity contribution >= 4 is 12.4 Å². The number of amides is 1. The van der Waals surface area contributed by atoms with E-state index in [2.05, 4.69) is 0 Å². The minimum atomic E-state index is -0.504. The first-order valence-corrected chi connectivity index (χ1v) is 10.2. The molecule has 1 aliphatic heterocycles. The molecule has 1 amide bonds. The molecule has 0 aliphatic carbocycles. The maximum Gasteiger partial charge on any atom is 0.410 e. The Balaban J connectivity index is 1.61. The molecule has 0 aromatic heterocycles. The first kappa shape index (κ1) is 21.7. The number of carbonyl (C=O) groups is 2. The Kier molecular flexibility index (Phi) is 6.98. The monoisotopic (exact) mass is 411 g/mol. The van der Waals surface area contributed by atoms with E-state index in [1.807, 2.05) is 51.1 Å². The molecule has 2 aromatic rings. The van der Waals surface area contributed by atoms with E-state index in [1.165, 1.54) is 0 Å². The molecule has 0 saturated carbocycles. The number of benzene rings is 2. The van der Waals surface area contributed by atoms with Crippen LogP contribution in [0.3, 0.4) is 0 Å². The molecule has 0 atom stereocenters. The van der Waals surface area contributed by atoms with E-state index in [0.29, 0.717) is 49.6 Å². The standard InChI is InChI=1S/C24H29NO5/c1-24(2,3)30-23(27)25-13-11-20(12-14-25)29-21-10-9-19(16-26)15-22(21)28-17-18-7-5-4-6-8-18/h4-10,15-16,20H,11-14,17H2,1-3H3. The van der Waals surface area contributed by atoms with Crippen molar-refractivity contribution in [3.63, 3.8) is 0 Å². The number of aldehydes is 1. The van der Waals surface area contributed by atoms with Gasteiger partial charge in [-0.1, -0.05) is 30.3 Å². The Hall–Kier alpha value is -3.02. The van der Waals surface area contributed by atoms with Crippen LogP contribution in [0.4, 0.5) is 4.79 Å². The van der Waals surface area contributed by atoms with Crippen molar-refractivity contribution in [1.82, 2.24) is 4.90 Å². The van der Waals surface area contributed by atoms with Crippen LogP contribution in [-0.2, 0) is 11.3 Å². The van der Waals surface area contributed by atoms with Crippen LogP contribution >= 0.6 is 0 Å². The number of rotatable bonds is 6. The molecule has 0 radical (unpaired) electrons. The van der Waals surface area contributed by atoms with Gasteiger partial charge in [0.1, 0.15) is 24.6 Å². The third-order valence-corrected chi connectivity index (χ3v) is 4.73. The summed E-state index contributed by atoms with van der Waals surface area (Å²) < 4.78 is 17.6. The summed E-state index contributed by atoms with van der Waals surface area (Å²) in [6.45, 7) is 7.12. The first-order valence-electron chi connectivity index (χ1n) is 10.2. The Morgan fingerprint density at radius 3 is 2.40 bits per heavy atom. The molecule has 1 heterocycles. The maximum atomic E-state index is 12.2. The lowest BCUT2D eigenvalue weighted by Crippen LogP contribution is -2.44. The van der Waals surface area contributed by atoms with Crippen LogP contribution in [0.2, 0.25) is 0 Å². The predicted molar refractivity (Wildman–Crippen MR) is 114 cm³/mol. The molecule has 0 spiro atoms. The molecule has 160 valence electrons. The van der Waals surface area contributed by atoms with E-state index in [-0.39, 0.29) is 12.2 Å². The zero-order valence-corrected chi connectivity index (χ0v) is 17.8. The first-order chi connectivity index (χ1) is 14.3. The van der Waals surface area contributed by atoms with Crippen LogP contribution in [-0.4, -0.2) is 42.1 Å². The molecule has 1 aliphatic rings. The SMILES string of the molecule is CC(C)(C)OC(=O)N1CCC(Oc2ccc(C=O)cc2OCc2ccccc2)CC1. The van der Waals surface area contributed by atoms with E-state index >= 15 is 0 Å². The van der Waals surface area contributed by atoms with Gasteiger partial charge in [0.05, 0.1) is 0 Å². The molecule has 1 fully saturated rings. The lowest BCUT2D eigenvalue weighted by molar-refractivity contribution is 0.0124. The fourth-order valence-corrected chi connectivity index (χ4v) is 3.21. The van der Waals surface area contributed by atoms with Crippen molar-refractivity contribution in [2.45, 2.75) is 51.9 Å². The van der Waals surface area contributed by atoms with Crippen molar-refractivity contribution in [2.24, 2.45) is 0 Å². The highest BCUT2D eigenvalue weighted by molar-refractivity contribution is 5.76. The quantitative estimate of drug-likeness (QED) is 0.636. The molecule has 0 bridgehead atoms. The van der Waals surface area contributed by atoms with Gasteiger partial charge in [0.15, 0.2) is 11.5 Å². The van der Waals surface area contributed by atoms with E-state index in [1.54, 1.807) is 23.1 Å². The van der Waals surface area contributed by atoms with E-state index in [0.717, 1.165) is 11.8 Å². The summed E-state index contributed by atoms with van der Waals surface area (Å²) in [7, 11) is 0. The second-order valence-corrected chi connectivity index (χ2v) is 8.38. The van der Waals surface area contributed by atoms with Gasteiger partial charge in [0, 0.05) is 31.5 Å². The summed E-state index contributed by atoms with van der Waals surface area (Å²) in [4.78, 5) is 25.1. The van der Waals surface area contributed by atoms with Gasteiger partial charge in [0.25, 0.3) is 0 Å². The summed E-state index contributed by atoms with van der Waals surface area (Å²) in [6, 6.07) is 15.0. The molecule has 6 nitrogen and oxygen atoms in total. The average molecular weight is 411 g/mol. The second kappa shape index (κ2) is 9.65. The van der Waals surface area contributed by atoms with Crippen LogP contribution in [0.15, 0.2) is 48.5 Å². The lowest BCUT2D eigenvalue weighted by Gasteiger charge is -2.33. The molecule has 30 heavy (non-hydrogen) atoms. The van der Waals surface area contributed by atoms with Crippen molar-refractivity contribution in [2.75, 3.05) is 13.1 Å². The van der Waals surface area contributed by atoms with Crippen molar-refractivity contribution in [1.29, 1.82) is 0 Å². The smallest absolute Gasteiger partial charge is 0.410 e. The summed E-state index contributed by atoms with van der Waals surface area (Å²) >= 11 is 0. The number of nitrogens with zero attached hydrogens (tertiary/aromatic N) is 1. The zero-order valence-electron chi connectivity index (χ0n) is 17.8. The fraction of sp³-hybridized carbons (Fsp3) is 0.417. The van der Waals surface area contributed by atoms with Crippen molar-refractivity contribution < 1.29 is 23.8 Å². The number of likely N-dealkylation sites (tertiary alicyclic amines) is 1. The fourth-order valence-electron chi connectivity index (χ4n) is 3.21. The number of ether oxygens (including phenoxy) is 3.